The molecule has 10 heteroatoms. The molecule has 156 valence electrons. The molecule has 8 nitrogen and oxygen atoms in total. The fraction of sp³-hybridized carbons (Fsp3) is 0.150. The fourth-order valence-corrected chi connectivity index (χ4v) is 3.84. The Morgan fingerprint density at radius 2 is 1.83 bits per heavy atom. The summed E-state index contributed by atoms with van der Waals surface area (Å²) in [6.07, 6.45) is 0.113. The Kier molecular flexibility index (Phi) is 6.60. The van der Waals surface area contributed by atoms with E-state index in [0.29, 0.717) is 10.7 Å². The van der Waals surface area contributed by atoms with Gasteiger partial charge in [-0.2, -0.15) is 0 Å². The molecule has 0 bridgehead atoms. The Hall–Kier alpha value is -3.08. The third-order valence-corrected chi connectivity index (χ3v) is 5.93. The number of aryl methyl sites for hydroxylation is 1. The number of hydrogen-bond donors (Lipinski definition) is 2. The summed E-state index contributed by atoms with van der Waals surface area (Å²) in [5.41, 5.74) is 2.43. The molecule has 0 saturated heterocycles. The fourth-order valence-electron chi connectivity index (χ4n) is 2.54. The predicted molar refractivity (Wildman–Crippen MR) is 113 cm³/mol. The number of anilines is 1. The Morgan fingerprint density at radius 3 is 2.50 bits per heavy atom. The smallest absolute Gasteiger partial charge is 0.338 e. The Bertz CT molecular complexity index is 1170. The second kappa shape index (κ2) is 9.16. The molecule has 1 amide bonds. The number of carbonyl (C=O) groups is 2. The third kappa shape index (κ3) is 5.72. The number of hydrogen-bond acceptors (Lipinski definition) is 7. The second-order valence-electron chi connectivity index (χ2n) is 6.42. The summed E-state index contributed by atoms with van der Waals surface area (Å²) in [5, 5.41) is 10.2. The van der Waals surface area contributed by atoms with Crippen molar-refractivity contribution in [2.24, 2.45) is 5.14 Å². The number of aromatic nitrogens is 1. The number of para-hydroxylation sites is 1. The molecule has 0 aliphatic heterocycles. The number of nitrogens with zero attached hydrogens (tertiary/aromatic N) is 1. The van der Waals surface area contributed by atoms with Gasteiger partial charge in [-0.3, -0.25) is 4.79 Å². The number of ether oxygens (including phenoxy) is 1. The molecule has 0 spiro atoms. The minimum absolute atomic E-state index is 0.0638. The number of benzene rings is 2. The van der Waals surface area contributed by atoms with Crippen molar-refractivity contribution in [3.05, 3.63) is 75.7 Å². The van der Waals surface area contributed by atoms with Crippen LogP contribution in [0.25, 0.3) is 0 Å². The molecule has 1 aromatic heterocycles. The zero-order chi connectivity index (χ0) is 21.7. The first kappa shape index (κ1) is 21.6. The van der Waals surface area contributed by atoms with Gasteiger partial charge in [0.15, 0.2) is 0 Å². The molecule has 0 saturated carbocycles. The predicted octanol–water partition coefficient (Wildman–Crippen LogP) is 2.64. The van der Waals surface area contributed by atoms with Crippen LogP contribution in [0.5, 0.6) is 0 Å². The van der Waals surface area contributed by atoms with E-state index in [4.69, 9.17) is 9.88 Å². The number of nitrogens with two attached hydrogens (primary N) is 1. The van der Waals surface area contributed by atoms with Crippen LogP contribution in [0, 0.1) is 6.92 Å². The van der Waals surface area contributed by atoms with Gasteiger partial charge in [-0.1, -0.05) is 18.2 Å². The molecule has 0 fully saturated rings. The monoisotopic (exact) mass is 445 g/mol. The number of rotatable bonds is 7. The number of sulfonamides is 1. The van der Waals surface area contributed by atoms with Crippen LogP contribution >= 0.6 is 11.3 Å². The normalized spacial score (nSPS) is 11.1. The van der Waals surface area contributed by atoms with Crippen LogP contribution in [0.1, 0.15) is 26.6 Å². The maximum Gasteiger partial charge on any atom is 0.338 e. The van der Waals surface area contributed by atoms with Crippen molar-refractivity contribution < 1.29 is 22.7 Å². The summed E-state index contributed by atoms with van der Waals surface area (Å²) in [6.45, 7) is 1.85. The van der Waals surface area contributed by atoms with Crippen LogP contribution < -0.4 is 10.5 Å². The molecule has 0 radical (unpaired) electrons. The van der Waals surface area contributed by atoms with Crippen molar-refractivity contribution in [3.63, 3.8) is 0 Å². The summed E-state index contributed by atoms with van der Waals surface area (Å²) in [7, 11) is -3.82. The van der Waals surface area contributed by atoms with Gasteiger partial charge in [0.25, 0.3) is 0 Å². The van der Waals surface area contributed by atoms with E-state index in [-0.39, 0.29) is 29.4 Å². The zero-order valence-corrected chi connectivity index (χ0v) is 17.6. The average Bonchev–Trinajstić information content (AvgIpc) is 3.14. The van der Waals surface area contributed by atoms with Crippen molar-refractivity contribution >= 4 is 38.9 Å². The second-order valence-corrected chi connectivity index (χ2v) is 8.92. The van der Waals surface area contributed by atoms with Crippen LogP contribution in [0.15, 0.2) is 58.8 Å². The van der Waals surface area contributed by atoms with Gasteiger partial charge in [0, 0.05) is 11.1 Å². The standard InChI is InChI=1S/C20H19N3O5S2/c1-13-4-2-3-5-17(13)23-18(24)10-19-22-15(12-29-19)11-28-20(25)14-6-8-16(9-7-14)30(21,26)27/h2-9,12H,10-11H2,1H3,(H,23,24)(H2,21,26,27). The van der Waals surface area contributed by atoms with Gasteiger partial charge in [0.2, 0.25) is 15.9 Å². The molecule has 0 atom stereocenters. The lowest BCUT2D eigenvalue weighted by Crippen LogP contribution is -2.15. The summed E-state index contributed by atoms with van der Waals surface area (Å²) in [5.74, 6) is -0.806. The van der Waals surface area contributed by atoms with Crippen LogP contribution in [0.4, 0.5) is 5.69 Å². The quantitative estimate of drug-likeness (QED) is 0.538. The van der Waals surface area contributed by atoms with E-state index >= 15 is 0 Å². The number of nitrogens with one attached hydrogen (secondary N) is 1. The lowest BCUT2D eigenvalue weighted by molar-refractivity contribution is -0.115. The highest BCUT2D eigenvalue weighted by Gasteiger charge is 2.13. The Labute approximate surface area is 177 Å². The molecule has 30 heavy (non-hydrogen) atoms. The van der Waals surface area contributed by atoms with E-state index in [0.717, 1.165) is 11.3 Å². The first-order chi connectivity index (χ1) is 14.2. The Balaban J connectivity index is 1.53. The van der Waals surface area contributed by atoms with E-state index in [1.54, 1.807) is 5.38 Å². The topological polar surface area (TPSA) is 128 Å². The summed E-state index contributed by atoms with van der Waals surface area (Å²) in [6, 6.07) is 12.6. The molecule has 3 N–H and O–H groups in total. The molecule has 0 unspecified atom stereocenters. The van der Waals surface area contributed by atoms with E-state index in [9.17, 15) is 18.0 Å². The zero-order valence-electron chi connectivity index (χ0n) is 16.0. The van der Waals surface area contributed by atoms with Crippen molar-refractivity contribution in [3.8, 4) is 0 Å². The van der Waals surface area contributed by atoms with Gasteiger partial charge in [-0.25, -0.2) is 23.3 Å². The van der Waals surface area contributed by atoms with Gasteiger partial charge in [0.1, 0.15) is 11.6 Å². The maximum absolute atomic E-state index is 12.2. The van der Waals surface area contributed by atoms with Gasteiger partial charge >= 0.3 is 5.97 Å². The first-order valence-corrected chi connectivity index (χ1v) is 11.2. The number of carbonyl (C=O) groups excluding carboxylic acids is 2. The molecular formula is C20H19N3O5S2. The molecule has 3 rings (SSSR count). The van der Waals surface area contributed by atoms with Crippen LogP contribution in [-0.4, -0.2) is 25.3 Å². The highest BCUT2D eigenvalue weighted by Crippen LogP contribution is 2.16. The third-order valence-electron chi connectivity index (χ3n) is 4.10. The van der Waals surface area contributed by atoms with E-state index in [1.165, 1.54) is 35.6 Å². The molecule has 1 heterocycles. The number of thiazole rings is 1. The minimum Gasteiger partial charge on any atom is -0.456 e. The highest BCUT2D eigenvalue weighted by atomic mass is 32.2. The molecular weight excluding hydrogens is 426 g/mol. The summed E-state index contributed by atoms with van der Waals surface area (Å²) in [4.78, 5) is 28.5. The SMILES string of the molecule is Cc1ccccc1NC(=O)Cc1nc(COC(=O)c2ccc(S(N)(=O)=O)cc2)cs1. The lowest BCUT2D eigenvalue weighted by atomic mass is 10.2. The molecule has 0 aliphatic carbocycles. The number of esters is 1. The van der Waals surface area contributed by atoms with Crippen molar-refractivity contribution in [1.29, 1.82) is 0 Å². The highest BCUT2D eigenvalue weighted by molar-refractivity contribution is 7.89. The number of primary sulfonamides is 1. The van der Waals surface area contributed by atoms with Crippen molar-refractivity contribution in [2.45, 2.75) is 24.8 Å². The van der Waals surface area contributed by atoms with Gasteiger partial charge in [-0.05, 0) is 42.8 Å². The van der Waals surface area contributed by atoms with Crippen LogP contribution in [0.3, 0.4) is 0 Å². The van der Waals surface area contributed by atoms with Crippen molar-refractivity contribution in [1.82, 2.24) is 4.98 Å². The lowest BCUT2D eigenvalue weighted by Gasteiger charge is -2.06. The molecule has 3 aromatic rings. The first-order valence-electron chi connectivity index (χ1n) is 8.81. The summed E-state index contributed by atoms with van der Waals surface area (Å²) >= 11 is 1.30. The number of amides is 1. The van der Waals surface area contributed by atoms with Gasteiger partial charge in [-0.15, -0.1) is 11.3 Å². The Morgan fingerprint density at radius 1 is 1.13 bits per heavy atom. The van der Waals surface area contributed by atoms with Crippen molar-refractivity contribution in [2.75, 3.05) is 5.32 Å². The van der Waals surface area contributed by atoms with Gasteiger partial charge < -0.3 is 10.1 Å². The molecule has 0 aliphatic rings. The largest absolute Gasteiger partial charge is 0.456 e. The van der Waals surface area contributed by atoms with Crippen LogP contribution in [-0.2, 0) is 32.6 Å². The molecule has 2 aromatic carbocycles. The maximum atomic E-state index is 12.2. The summed E-state index contributed by atoms with van der Waals surface area (Å²) < 4.78 is 27.7. The van der Waals surface area contributed by atoms with E-state index in [1.807, 2.05) is 31.2 Å². The van der Waals surface area contributed by atoms with Gasteiger partial charge in [0.05, 0.1) is 22.6 Å². The van der Waals surface area contributed by atoms with E-state index < -0.39 is 16.0 Å². The van der Waals surface area contributed by atoms with Crippen LogP contribution in [0.2, 0.25) is 0 Å². The minimum atomic E-state index is -3.82. The average molecular weight is 446 g/mol. The van der Waals surface area contributed by atoms with E-state index in [2.05, 4.69) is 10.3 Å².